The molecular formula is C17H14N2O5. The average molecular weight is 326 g/mol. The number of carbonyl (C=O) groups excluding carboxylic acids is 1. The quantitative estimate of drug-likeness (QED) is 0.403. The number of nitrogens with zero attached hydrogens (tertiary/aromatic N) is 1. The Kier molecular flexibility index (Phi) is 3.91. The topological polar surface area (TPSA) is 90.7 Å². The van der Waals surface area contributed by atoms with Gasteiger partial charge < -0.3 is 14.8 Å². The number of carbonyl (C=O) groups is 1. The lowest BCUT2D eigenvalue weighted by Gasteiger charge is -2.10. The van der Waals surface area contributed by atoms with Gasteiger partial charge >= 0.3 is 0 Å². The summed E-state index contributed by atoms with van der Waals surface area (Å²) in [5.41, 5.74) is 1.81. The summed E-state index contributed by atoms with van der Waals surface area (Å²) in [4.78, 5) is 22.9. The lowest BCUT2D eigenvalue weighted by molar-refractivity contribution is -0.384. The highest BCUT2D eigenvalue weighted by atomic mass is 16.6. The molecule has 0 spiro atoms. The Morgan fingerprint density at radius 3 is 2.42 bits per heavy atom. The zero-order chi connectivity index (χ0) is 17.3. The SMILES string of the molecule is CO/C(=C1/C(=O)Nc2ccc([N+](=O)[O-])cc21)c1ccc(OC)cc1. The van der Waals surface area contributed by atoms with Crippen molar-refractivity contribution >= 4 is 28.6 Å². The number of fused-ring (bicyclic) bond motifs is 1. The van der Waals surface area contributed by atoms with Crippen LogP contribution >= 0.6 is 0 Å². The van der Waals surface area contributed by atoms with Crippen molar-refractivity contribution in [2.24, 2.45) is 0 Å². The Labute approximate surface area is 137 Å². The molecule has 0 bridgehead atoms. The van der Waals surface area contributed by atoms with E-state index in [1.54, 1.807) is 31.4 Å². The van der Waals surface area contributed by atoms with E-state index in [1.165, 1.54) is 25.3 Å². The van der Waals surface area contributed by atoms with Crippen LogP contribution < -0.4 is 10.1 Å². The number of nitrogens with one attached hydrogen (secondary N) is 1. The summed E-state index contributed by atoms with van der Waals surface area (Å²) in [7, 11) is 3.01. The second kappa shape index (κ2) is 6.04. The van der Waals surface area contributed by atoms with Crippen molar-refractivity contribution in [2.75, 3.05) is 19.5 Å². The summed E-state index contributed by atoms with van der Waals surface area (Å²) in [5, 5.41) is 13.7. The van der Waals surface area contributed by atoms with Crippen LogP contribution in [-0.2, 0) is 9.53 Å². The second-order valence-electron chi connectivity index (χ2n) is 5.08. The number of benzene rings is 2. The van der Waals surface area contributed by atoms with E-state index in [1.807, 2.05) is 0 Å². The number of ether oxygens (including phenoxy) is 2. The Morgan fingerprint density at radius 2 is 1.83 bits per heavy atom. The number of nitro groups is 1. The van der Waals surface area contributed by atoms with Gasteiger partial charge in [0.15, 0.2) is 0 Å². The van der Waals surface area contributed by atoms with Crippen LogP contribution in [0, 0.1) is 10.1 Å². The Hall–Kier alpha value is -3.35. The van der Waals surface area contributed by atoms with Crippen LogP contribution in [0.25, 0.3) is 11.3 Å². The summed E-state index contributed by atoms with van der Waals surface area (Å²) < 4.78 is 10.5. The third-order valence-electron chi connectivity index (χ3n) is 3.74. The van der Waals surface area contributed by atoms with Crippen LogP contribution in [0.4, 0.5) is 11.4 Å². The molecule has 122 valence electrons. The molecule has 7 nitrogen and oxygen atoms in total. The molecule has 24 heavy (non-hydrogen) atoms. The number of rotatable bonds is 4. The van der Waals surface area contributed by atoms with Crippen molar-refractivity contribution in [1.82, 2.24) is 0 Å². The molecule has 0 saturated carbocycles. The zero-order valence-electron chi connectivity index (χ0n) is 13.0. The molecule has 1 amide bonds. The number of methoxy groups -OCH3 is 2. The maximum absolute atomic E-state index is 12.4. The molecule has 0 fully saturated rings. The van der Waals surface area contributed by atoms with Crippen molar-refractivity contribution < 1.29 is 19.2 Å². The fourth-order valence-electron chi connectivity index (χ4n) is 2.60. The largest absolute Gasteiger partial charge is 0.497 e. The van der Waals surface area contributed by atoms with Gasteiger partial charge in [-0.05, 0) is 30.3 Å². The van der Waals surface area contributed by atoms with Crippen molar-refractivity contribution in [2.45, 2.75) is 0 Å². The van der Waals surface area contributed by atoms with E-state index in [-0.39, 0.29) is 17.2 Å². The molecule has 0 aromatic heterocycles. The molecule has 2 aromatic rings. The van der Waals surface area contributed by atoms with Gasteiger partial charge in [0.25, 0.3) is 11.6 Å². The molecule has 0 aliphatic carbocycles. The van der Waals surface area contributed by atoms with Crippen LogP contribution in [0.2, 0.25) is 0 Å². The van der Waals surface area contributed by atoms with Crippen LogP contribution in [0.3, 0.4) is 0 Å². The van der Waals surface area contributed by atoms with E-state index in [4.69, 9.17) is 9.47 Å². The zero-order valence-corrected chi connectivity index (χ0v) is 13.0. The molecular weight excluding hydrogens is 312 g/mol. The number of hydrogen-bond acceptors (Lipinski definition) is 5. The first-order chi connectivity index (χ1) is 11.5. The Morgan fingerprint density at radius 1 is 1.12 bits per heavy atom. The molecule has 3 rings (SSSR count). The first-order valence-corrected chi connectivity index (χ1v) is 7.08. The highest BCUT2D eigenvalue weighted by Gasteiger charge is 2.30. The van der Waals surface area contributed by atoms with Gasteiger partial charge in [-0.2, -0.15) is 0 Å². The molecule has 2 aromatic carbocycles. The summed E-state index contributed by atoms with van der Waals surface area (Å²) >= 11 is 0. The maximum Gasteiger partial charge on any atom is 0.270 e. The fraction of sp³-hybridized carbons (Fsp3) is 0.118. The third-order valence-corrected chi connectivity index (χ3v) is 3.74. The van der Waals surface area contributed by atoms with Crippen molar-refractivity contribution in [3.8, 4) is 5.75 Å². The van der Waals surface area contributed by atoms with Gasteiger partial charge in [0.05, 0.1) is 24.7 Å². The van der Waals surface area contributed by atoms with Crippen molar-refractivity contribution in [1.29, 1.82) is 0 Å². The monoisotopic (exact) mass is 326 g/mol. The fourth-order valence-corrected chi connectivity index (χ4v) is 2.60. The van der Waals surface area contributed by atoms with Crippen LogP contribution in [0.1, 0.15) is 11.1 Å². The van der Waals surface area contributed by atoms with Gasteiger partial charge in [0, 0.05) is 28.9 Å². The van der Waals surface area contributed by atoms with Crippen molar-refractivity contribution in [3.63, 3.8) is 0 Å². The lowest BCUT2D eigenvalue weighted by Crippen LogP contribution is -2.06. The number of non-ortho nitro benzene ring substituents is 1. The van der Waals surface area contributed by atoms with Crippen LogP contribution in [-0.4, -0.2) is 25.1 Å². The molecule has 0 saturated heterocycles. The van der Waals surface area contributed by atoms with E-state index < -0.39 is 4.92 Å². The Balaban J connectivity index is 2.18. The molecule has 1 aliphatic rings. The highest BCUT2D eigenvalue weighted by molar-refractivity contribution is 6.36. The number of nitro benzene ring substituents is 1. The minimum Gasteiger partial charge on any atom is -0.497 e. The summed E-state index contributed by atoms with van der Waals surface area (Å²) in [5.74, 6) is 0.652. The summed E-state index contributed by atoms with van der Waals surface area (Å²) in [6.07, 6.45) is 0. The molecule has 0 atom stereocenters. The van der Waals surface area contributed by atoms with Gasteiger partial charge in [-0.1, -0.05) is 0 Å². The highest BCUT2D eigenvalue weighted by Crippen LogP contribution is 2.39. The number of hydrogen-bond donors (Lipinski definition) is 1. The molecule has 0 radical (unpaired) electrons. The average Bonchev–Trinajstić information content (AvgIpc) is 2.91. The number of anilines is 1. The van der Waals surface area contributed by atoms with Gasteiger partial charge in [-0.3, -0.25) is 14.9 Å². The molecule has 7 heteroatoms. The van der Waals surface area contributed by atoms with Gasteiger partial charge in [-0.25, -0.2) is 0 Å². The summed E-state index contributed by atoms with van der Waals surface area (Å²) in [6, 6.07) is 11.2. The lowest BCUT2D eigenvalue weighted by atomic mass is 10.0. The van der Waals surface area contributed by atoms with E-state index in [0.717, 1.165) is 0 Å². The molecule has 1 N–H and O–H groups in total. The first kappa shape index (κ1) is 15.5. The first-order valence-electron chi connectivity index (χ1n) is 7.08. The van der Waals surface area contributed by atoms with E-state index in [0.29, 0.717) is 28.3 Å². The van der Waals surface area contributed by atoms with E-state index in [9.17, 15) is 14.9 Å². The van der Waals surface area contributed by atoms with Crippen LogP contribution in [0.15, 0.2) is 42.5 Å². The summed E-state index contributed by atoms with van der Waals surface area (Å²) in [6.45, 7) is 0. The second-order valence-corrected chi connectivity index (χ2v) is 5.08. The molecule has 1 heterocycles. The maximum atomic E-state index is 12.4. The Bertz CT molecular complexity index is 856. The predicted molar refractivity (Wildman–Crippen MR) is 88.5 cm³/mol. The third kappa shape index (κ3) is 2.56. The number of amides is 1. The van der Waals surface area contributed by atoms with E-state index in [2.05, 4.69) is 5.32 Å². The minimum absolute atomic E-state index is 0.0899. The van der Waals surface area contributed by atoms with Gasteiger partial charge in [0.1, 0.15) is 11.5 Å². The smallest absolute Gasteiger partial charge is 0.270 e. The standard InChI is InChI=1S/C17H14N2O5/c1-23-12-6-3-10(4-7-12)16(24-2)15-13-9-11(19(21)22)5-8-14(13)18-17(15)20/h3-9H,1-2H3,(H,18,20)/b16-15+. The van der Waals surface area contributed by atoms with Gasteiger partial charge in [0.2, 0.25) is 0 Å². The molecule has 1 aliphatic heterocycles. The normalized spacial score (nSPS) is 14.7. The van der Waals surface area contributed by atoms with Gasteiger partial charge in [-0.15, -0.1) is 0 Å². The van der Waals surface area contributed by atoms with Crippen LogP contribution in [0.5, 0.6) is 5.75 Å². The molecule has 0 unspecified atom stereocenters. The van der Waals surface area contributed by atoms with Crippen molar-refractivity contribution in [3.05, 3.63) is 63.7 Å². The van der Waals surface area contributed by atoms with E-state index >= 15 is 0 Å². The predicted octanol–water partition coefficient (Wildman–Crippen LogP) is 3.07. The minimum atomic E-state index is -0.499.